The number of amides is 1. The first-order valence-corrected chi connectivity index (χ1v) is 12.9. The van der Waals surface area contributed by atoms with Crippen LogP contribution in [-0.4, -0.2) is 63.9 Å². The van der Waals surface area contributed by atoms with Gasteiger partial charge in [-0.15, -0.1) is 0 Å². The summed E-state index contributed by atoms with van der Waals surface area (Å²) < 4.78 is 22.0. The van der Waals surface area contributed by atoms with Crippen LogP contribution in [0.2, 0.25) is 0 Å². The summed E-state index contributed by atoms with van der Waals surface area (Å²) in [5.41, 5.74) is 0.460. The molecule has 0 spiro atoms. The van der Waals surface area contributed by atoms with Crippen molar-refractivity contribution in [3.05, 3.63) is 76.1 Å². The van der Waals surface area contributed by atoms with Crippen LogP contribution in [0.15, 0.2) is 53.3 Å². The van der Waals surface area contributed by atoms with Gasteiger partial charge in [-0.2, -0.15) is 0 Å². The fraction of sp³-hybridized carbons (Fsp3) is 0.464. The zero-order valence-electron chi connectivity index (χ0n) is 21.7. The summed E-state index contributed by atoms with van der Waals surface area (Å²) in [6, 6.07) is 14.3. The van der Waals surface area contributed by atoms with Gasteiger partial charge in [0.05, 0.1) is 11.6 Å². The number of ether oxygens (including phenoxy) is 1. The monoisotopic (exact) mass is 507 g/mol. The van der Waals surface area contributed by atoms with Crippen molar-refractivity contribution >= 4 is 17.0 Å². The fourth-order valence-corrected chi connectivity index (χ4v) is 5.20. The summed E-state index contributed by atoms with van der Waals surface area (Å²) in [4.78, 5) is 35.6. The van der Waals surface area contributed by atoms with Crippen molar-refractivity contribution in [3.8, 4) is 0 Å². The van der Waals surface area contributed by atoms with Gasteiger partial charge in [0.2, 0.25) is 0 Å². The standard InChI is InChI=1S/C28H34FN5O3/c1-28(2,3)37-27(36)33-14-8-13-23(33)25-30-22-12-7-11-21(29)24(22)26(35)34(25)32-17-15-31(16-18-32)19-20-9-5-4-6-10-20/h4-7,9-12,23H,8,13-19H2,1-3H3. The van der Waals surface area contributed by atoms with Gasteiger partial charge in [-0.25, -0.2) is 18.8 Å². The molecular weight excluding hydrogens is 473 g/mol. The first-order valence-electron chi connectivity index (χ1n) is 12.9. The quantitative estimate of drug-likeness (QED) is 0.531. The molecule has 5 rings (SSSR count). The molecule has 9 heteroatoms. The number of nitrogens with zero attached hydrogens (tertiary/aromatic N) is 5. The van der Waals surface area contributed by atoms with Gasteiger partial charge in [-0.1, -0.05) is 36.4 Å². The Balaban J connectivity index is 1.49. The SMILES string of the molecule is CC(C)(C)OC(=O)N1CCCC1c1nc2cccc(F)c2c(=O)n1N1CCN(Cc2ccccc2)CC1. The molecular formula is C28H34FN5O3. The second-order valence-corrected chi connectivity index (χ2v) is 10.8. The minimum atomic E-state index is -0.640. The number of fused-ring (bicyclic) bond motifs is 1. The molecule has 196 valence electrons. The third-order valence-corrected chi connectivity index (χ3v) is 6.91. The largest absolute Gasteiger partial charge is 0.444 e. The van der Waals surface area contributed by atoms with E-state index in [9.17, 15) is 14.0 Å². The van der Waals surface area contributed by atoms with E-state index in [-0.39, 0.29) is 5.39 Å². The third kappa shape index (κ3) is 5.32. The Labute approximate surface area is 216 Å². The van der Waals surface area contributed by atoms with Gasteiger partial charge in [0.15, 0.2) is 5.82 Å². The Morgan fingerprint density at radius 3 is 2.46 bits per heavy atom. The first-order chi connectivity index (χ1) is 17.7. The van der Waals surface area contributed by atoms with Crippen molar-refractivity contribution in [2.45, 2.75) is 51.8 Å². The van der Waals surface area contributed by atoms with Gasteiger partial charge in [-0.05, 0) is 51.3 Å². The molecule has 2 fully saturated rings. The minimum Gasteiger partial charge on any atom is -0.444 e. The fourth-order valence-electron chi connectivity index (χ4n) is 5.20. The zero-order valence-corrected chi connectivity index (χ0v) is 21.7. The molecule has 3 aromatic rings. The third-order valence-electron chi connectivity index (χ3n) is 6.91. The number of hydrogen-bond donors (Lipinski definition) is 0. The maximum absolute atomic E-state index is 14.8. The van der Waals surface area contributed by atoms with E-state index < -0.39 is 29.1 Å². The Kier molecular flexibility index (Phi) is 6.90. The topological polar surface area (TPSA) is 70.9 Å². The minimum absolute atomic E-state index is 0.0280. The Morgan fingerprint density at radius 2 is 1.76 bits per heavy atom. The molecule has 2 aliphatic heterocycles. The summed E-state index contributed by atoms with van der Waals surface area (Å²) in [5.74, 6) is -0.128. The lowest BCUT2D eigenvalue weighted by Crippen LogP contribution is -2.55. The van der Waals surface area contributed by atoms with Crippen LogP contribution in [-0.2, 0) is 11.3 Å². The van der Waals surface area contributed by atoms with Gasteiger partial charge in [-0.3, -0.25) is 14.6 Å². The molecule has 0 bridgehead atoms. The van der Waals surface area contributed by atoms with Crippen molar-refractivity contribution < 1.29 is 13.9 Å². The highest BCUT2D eigenvalue weighted by Crippen LogP contribution is 2.33. The molecule has 1 unspecified atom stereocenters. The van der Waals surface area contributed by atoms with Crippen LogP contribution in [0.3, 0.4) is 0 Å². The number of likely N-dealkylation sites (tertiary alicyclic amines) is 1. The highest BCUT2D eigenvalue weighted by molar-refractivity contribution is 5.78. The molecule has 8 nitrogen and oxygen atoms in total. The van der Waals surface area contributed by atoms with E-state index in [1.54, 1.807) is 17.0 Å². The van der Waals surface area contributed by atoms with Gasteiger partial charge >= 0.3 is 6.09 Å². The van der Waals surface area contributed by atoms with E-state index in [0.717, 1.165) is 26.1 Å². The summed E-state index contributed by atoms with van der Waals surface area (Å²) in [6.45, 7) is 9.50. The van der Waals surface area contributed by atoms with E-state index in [1.165, 1.54) is 16.3 Å². The molecule has 37 heavy (non-hydrogen) atoms. The second-order valence-electron chi connectivity index (χ2n) is 10.8. The second kappa shape index (κ2) is 10.1. The Morgan fingerprint density at radius 1 is 1.03 bits per heavy atom. The molecule has 3 heterocycles. The van der Waals surface area contributed by atoms with Crippen LogP contribution in [0.25, 0.3) is 10.9 Å². The average molecular weight is 508 g/mol. The van der Waals surface area contributed by atoms with Gasteiger partial charge < -0.3 is 9.75 Å². The van der Waals surface area contributed by atoms with Crippen LogP contribution < -0.4 is 10.6 Å². The molecule has 1 atom stereocenters. The summed E-state index contributed by atoms with van der Waals surface area (Å²) in [5, 5.41) is 1.92. The number of aromatic nitrogens is 2. The maximum Gasteiger partial charge on any atom is 0.410 e. The first kappa shape index (κ1) is 25.2. The van der Waals surface area contributed by atoms with Crippen molar-refractivity contribution in [3.63, 3.8) is 0 Å². The van der Waals surface area contributed by atoms with E-state index in [2.05, 4.69) is 17.0 Å². The van der Waals surface area contributed by atoms with Crippen LogP contribution in [0.4, 0.5) is 9.18 Å². The predicted molar refractivity (Wildman–Crippen MR) is 141 cm³/mol. The van der Waals surface area contributed by atoms with E-state index in [0.29, 0.717) is 37.4 Å². The normalized spacial score (nSPS) is 19.0. The number of hydrogen-bond acceptors (Lipinski definition) is 6. The van der Waals surface area contributed by atoms with Crippen LogP contribution in [0.1, 0.15) is 51.0 Å². The van der Waals surface area contributed by atoms with Crippen molar-refractivity contribution in [2.75, 3.05) is 37.7 Å². The maximum atomic E-state index is 14.8. The van der Waals surface area contributed by atoms with Gasteiger partial charge in [0.1, 0.15) is 16.8 Å². The molecule has 2 saturated heterocycles. The lowest BCUT2D eigenvalue weighted by Gasteiger charge is -2.38. The Bertz CT molecular complexity index is 1330. The van der Waals surface area contributed by atoms with Gasteiger partial charge in [0, 0.05) is 39.3 Å². The van der Waals surface area contributed by atoms with E-state index >= 15 is 0 Å². The molecule has 1 aromatic heterocycles. The number of piperazine rings is 1. The van der Waals surface area contributed by atoms with Crippen molar-refractivity contribution in [1.82, 2.24) is 19.5 Å². The number of halogens is 1. The number of rotatable bonds is 4. The molecule has 0 aliphatic carbocycles. The van der Waals surface area contributed by atoms with E-state index in [4.69, 9.17) is 9.72 Å². The molecule has 0 saturated carbocycles. The number of benzene rings is 2. The molecule has 2 aromatic carbocycles. The molecule has 0 N–H and O–H groups in total. The predicted octanol–water partition coefficient (Wildman–Crippen LogP) is 4.06. The highest BCUT2D eigenvalue weighted by atomic mass is 19.1. The van der Waals surface area contributed by atoms with Crippen LogP contribution >= 0.6 is 0 Å². The number of carbonyl (C=O) groups excluding carboxylic acids is 1. The average Bonchev–Trinajstić information content (AvgIpc) is 3.34. The van der Waals surface area contributed by atoms with Crippen molar-refractivity contribution in [2.24, 2.45) is 0 Å². The molecule has 0 radical (unpaired) electrons. The summed E-state index contributed by atoms with van der Waals surface area (Å²) in [7, 11) is 0. The molecule has 1 amide bonds. The van der Waals surface area contributed by atoms with E-state index in [1.807, 2.05) is 44.0 Å². The molecule has 2 aliphatic rings. The smallest absolute Gasteiger partial charge is 0.410 e. The van der Waals surface area contributed by atoms with Crippen molar-refractivity contribution in [1.29, 1.82) is 0 Å². The lowest BCUT2D eigenvalue weighted by atomic mass is 10.1. The highest BCUT2D eigenvalue weighted by Gasteiger charge is 2.37. The van der Waals surface area contributed by atoms with Gasteiger partial charge in [0.25, 0.3) is 5.56 Å². The summed E-state index contributed by atoms with van der Waals surface area (Å²) >= 11 is 0. The van der Waals surface area contributed by atoms with Crippen LogP contribution in [0.5, 0.6) is 0 Å². The van der Waals surface area contributed by atoms with Crippen LogP contribution in [0, 0.1) is 5.82 Å². The zero-order chi connectivity index (χ0) is 26.2. The number of carbonyl (C=O) groups is 1. The summed E-state index contributed by atoms with van der Waals surface area (Å²) in [6.07, 6.45) is 0.995. The lowest BCUT2D eigenvalue weighted by molar-refractivity contribution is 0.0214. The Hall–Kier alpha value is -3.46.